The Labute approximate surface area is 231 Å². The van der Waals surface area contributed by atoms with Crippen molar-refractivity contribution in [1.29, 1.82) is 0 Å². The predicted octanol–water partition coefficient (Wildman–Crippen LogP) is 4.64. The summed E-state index contributed by atoms with van der Waals surface area (Å²) < 4.78 is 0. The fourth-order valence-electron chi connectivity index (χ4n) is 4.96. The topological polar surface area (TPSA) is 116 Å². The molecule has 0 fully saturated rings. The molecule has 0 bridgehead atoms. The Balaban J connectivity index is 1.43. The van der Waals surface area contributed by atoms with Gasteiger partial charge in [-0.2, -0.15) is 0 Å². The number of carbonyl (C=O) groups is 3. The van der Waals surface area contributed by atoms with Crippen LogP contribution in [-0.4, -0.2) is 40.1 Å². The number of nitrogens with one attached hydrogen (secondary N) is 2. The first-order chi connectivity index (χ1) is 19.4. The largest absolute Gasteiger partial charge is 0.480 e. The second kappa shape index (κ2) is 11.8. The molecule has 0 aliphatic rings. The van der Waals surface area contributed by atoms with Gasteiger partial charge in [-0.1, -0.05) is 97.1 Å². The number of hydrogen-bond acceptors (Lipinski definition) is 4. The van der Waals surface area contributed by atoms with Crippen molar-refractivity contribution in [3.63, 3.8) is 0 Å². The number of carbonyl (C=O) groups excluding carboxylic acids is 2. The molecular weight excluding hydrogens is 504 g/mol. The Bertz CT molecular complexity index is 1620. The highest BCUT2D eigenvalue weighted by atomic mass is 16.4. The average Bonchev–Trinajstić information content (AvgIpc) is 2.99. The van der Waals surface area contributed by atoms with Crippen LogP contribution in [0, 0.1) is 0 Å². The van der Waals surface area contributed by atoms with Gasteiger partial charge in [0.1, 0.15) is 6.04 Å². The van der Waals surface area contributed by atoms with E-state index in [0.29, 0.717) is 11.1 Å². The minimum Gasteiger partial charge on any atom is -0.480 e. The molecule has 0 saturated carbocycles. The van der Waals surface area contributed by atoms with E-state index in [0.717, 1.165) is 27.1 Å². The van der Waals surface area contributed by atoms with Crippen molar-refractivity contribution >= 4 is 39.3 Å². The summed E-state index contributed by atoms with van der Waals surface area (Å²) in [6, 6.07) is 32.1. The molecule has 0 aromatic heterocycles. The van der Waals surface area contributed by atoms with Crippen LogP contribution in [0.1, 0.15) is 27.5 Å². The highest BCUT2D eigenvalue weighted by Gasteiger charge is 2.32. The Kier molecular flexibility index (Phi) is 7.84. The number of aliphatic hydroxyl groups is 1. The lowest BCUT2D eigenvalue weighted by Gasteiger charge is -2.26. The third-order valence-corrected chi connectivity index (χ3v) is 6.97. The molecule has 7 heteroatoms. The first-order valence-electron chi connectivity index (χ1n) is 12.9. The van der Waals surface area contributed by atoms with Gasteiger partial charge in [0.15, 0.2) is 6.10 Å². The lowest BCUT2D eigenvalue weighted by atomic mass is 9.92. The number of rotatable bonds is 9. The Morgan fingerprint density at radius 2 is 1.20 bits per heavy atom. The molecule has 0 radical (unpaired) electrons. The smallest absolute Gasteiger partial charge is 0.326 e. The summed E-state index contributed by atoms with van der Waals surface area (Å²) in [6.07, 6.45) is -1.75. The highest BCUT2D eigenvalue weighted by molar-refractivity contribution is 6.03. The monoisotopic (exact) mass is 532 g/mol. The van der Waals surface area contributed by atoms with Crippen LogP contribution in [0.15, 0.2) is 115 Å². The van der Waals surface area contributed by atoms with Gasteiger partial charge in [0, 0.05) is 12.0 Å². The van der Waals surface area contributed by atoms with Crippen LogP contribution in [0.5, 0.6) is 0 Å². The molecule has 5 aromatic carbocycles. The number of benzene rings is 5. The summed E-state index contributed by atoms with van der Waals surface area (Å²) in [5.74, 6) is -2.61. The van der Waals surface area contributed by atoms with Crippen molar-refractivity contribution in [2.45, 2.75) is 24.6 Å². The maximum Gasteiger partial charge on any atom is 0.326 e. The number of amides is 2. The standard InChI is InChI=1S/C33H28N2O5/c36-30(29(21-11-3-1-4-12-21)35-31(37)22-13-5-2-6-14-22)32(38)34-28(33(39)40)20-27-25-17-9-7-15-23(25)19-24-16-8-10-18-26(24)27/h1-19,28-30,36H,20H2,(H,34,38)(H,35,37)(H,39,40)/t28-,29+,30-/m1/s1. The van der Waals surface area contributed by atoms with E-state index in [2.05, 4.69) is 10.6 Å². The van der Waals surface area contributed by atoms with Crippen molar-refractivity contribution in [2.24, 2.45) is 0 Å². The van der Waals surface area contributed by atoms with E-state index in [4.69, 9.17) is 0 Å². The minimum atomic E-state index is -1.75. The lowest BCUT2D eigenvalue weighted by Crippen LogP contribution is -2.50. The number of fused-ring (bicyclic) bond motifs is 2. The van der Waals surface area contributed by atoms with Crippen LogP contribution in [0.25, 0.3) is 21.5 Å². The molecule has 0 heterocycles. The minimum absolute atomic E-state index is 0.00202. The van der Waals surface area contributed by atoms with Gasteiger partial charge in [-0.15, -0.1) is 0 Å². The summed E-state index contributed by atoms with van der Waals surface area (Å²) in [7, 11) is 0. The SMILES string of the molecule is O=C(N[C@@H](c1ccccc1)[C@@H](O)C(=O)N[C@H](Cc1c2ccccc2cc2ccccc12)C(=O)O)c1ccccc1. The van der Waals surface area contributed by atoms with Crippen molar-refractivity contribution in [1.82, 2.24) is 10.6 Å². The van der Waals surface area contributed by atoms with Gasteiger partial charge in [-0.05, 0) is 50.9 Å². The van der Waals surface area contributed by atoms with Gasteiger partial charge >= 0.3 is 5.97 Å². The highest BCUT2D eigenvalue weighted by Crippen LogP contribution is 2.29. The third-order valence-electron chi connectivity index (χ3n) is 6.97. The second-order valence-corrected chi connectivity index (χ2v) is 9.57. The average molecular weight is 533 g/mol. The number of aliphatic carboxylic acids is 1. The van der Waals surface area contributed by atoms with Crippen LogP contribution in [0.2, 0.25) is 0 Å². The normalized spacial score (nSPS) is 13.3. The lowest BCUT2D eigenvalue weighted by molar-refractivity contribution is -0.143. The van der Waals surface area contributed by atoms with E-state index in [9.17, 15) is 24.6 Å². The van der Waals surface area contributed by atoms with Crippen LogP contribution in [-0.2, 0) is 16.0 Å². The van der Waals surface area contributed by atoms with Gasteiger partial charge < -0.3 is 20.8 Å². The van der Waals surface area contributed by atoms with Crippen LogP contribution >= 0.6 is 0 Å². The van der Waals surface area contributed by atoms with Gasteiger partial charge in [-0.25, -0.2) is 4.79 Å². The van der Waals surface area contributed by atoms with Crippen molar-refractivity contribution < 1.29 is 24.6 Å². The van der Waals surface area contributed by atoms with Gasteiger partial charge in [0.05, 0.1) is 6.04 Å². The fourth-order valence-corrected chi connectivity index (χ4v) is 4.96. The van der Waals surface area contributed by atoms with E-state index in [1.165, 1.54) is 0 Å². The summed E-state index contributed by atoms with van der Waals surface area (Å²) in [5, 5.41) is 30.2. The fraction of sp³-hybridized carbons (Fsp3) is 0.121. The number of aliphatic hydroxyl groups excluding tert-OH is 1. The summed E-state index contributed by atoms with van der Waals surface area (Å²) >= 11 is 0. The number of carboxylic acids is 1. The van der Waals surface area contributed by atoms with E-state index in [1.54, 1.807) is 60.7 Å². The van der Waals surface area contributed by atoms with Crippen LogP contribution in [0.4, 0.5) is 0 Å². The Morgan fingerprint density at radius 3 is 1.77 bits per heavy atom. The van der Waals surface area contributed by atoms with Gasteiger partial charge in [0.2, 0.25) is 0 Å². The van der Waals surface area contributed by atoms with E-state index in [-0.39, 0.29) is 6.42 Å². The summed E-state index contributed by atoms with van der Waals surface area (Å²) in [4.78, 5) is 38.6. The quantitative estimate of drug-likeness (QED) is 0.207. The molecule has 3 atom stereocenters. The Hall–Kier alpha value is -5.01. The number of carboxylic acid groups (broad SMARTS) is 1. The van der Waals surface area contributed by atoms with Crippen molar-refractivity contribution in [2.75, 3.05) is 0 Å². The molecule has 200 valence electrons. The molecule has 5 aromatic rings. The maximum atomic E-state index is 13.3. The van der Waals surface area contributed by atoms with Crippen LogP contribution < -0.4 is 10.6 Å². The molecule has 0 aliphatic carbocycles. The molecule has 0 unspecified atom stereocenters. The van der Waals surface area contributed by atoms with Gasteiger partial charge in [-0.3, -0.25) is 9.59 Å². The molecule has 40 heavy (non-hydrogen) atoms. The molecule has 7 nitrogen and oxygen atoms in total. The maximum absolute atomic E-state index is 13.3. The van der Waals surface area contributed by atoms with E-state index < -0.39 is 36.0 Å². The third kappa shape index (κ3) is 5.70. The van der Waals surface area contributed by atoms with Crippen molar-refractivity contribution in [3.05, 3.63) is 132 Å². The molecule has 0 spiro atoms. The Morgan fingerprint density at radius 1 is 0.675 bits per heavy atom. The second-order valence-electron chi connectivity index (χ2n) is 9.57. The molecule has 2 amide bonds. The zero-order chi connectivity index (χ0) is 28.1. The zero-order valence-corrected chi connectivity index (χ0v) is 21.5. The van der Waals surface area contributed by atoms with E-state index in [1.807, 2.05) is 54.6 Å². The molecule has 0 saturated heterocycles. The van der Waals surface area contributed by atoms with Crippen LogP contribution in [0.3, 0.4) is 0 Å². The zero-order valence-electron chi connectivity index (χ0n) is 21.5. The van der Waals surface area contributed by atoms with Crippen molar-refractivity contribution in [3.8, 4) is 0 Å². The molecule has 5 rings (SSSR count). The number of hydrogen-bond donors (Lipinski definition) is 4. The first-order valence-corrected chi connectivity index (χ1v) is 12.9. The molecule has 4 N–H and O–H groups in total. The summed E-state index contributed by atoms with van der Waals surface area (Å²) in [5.41, 5.74) is 1.65. The molecule has 0 aliphatic heterocycles. The first kappa shape index (κ1) is 26.6. The summed E-state index contributed by atoms with van der Waals surface area (Å²) in [6.45, 7) is 0. The van der Waals surface area contributed by atoms with Gasteiger partial charge in [0.25, 0.3) is 11.8 Å². The molecular formula is C33H28N2O5. The predicted molar refractivity (Wildman–Crippen MR) is 154 cm³/mol. The van der Waals surface area contributed by atoms with E-state index >= 15 is 0 Å².